The largest absolute Gasteiger partial charge is 0.497 e. The van der Waals surface area contributed by atoms with Crippen molar-refractivity contribution in [1.82, 2.24) is 9.80 Å². The number of ether oxygens (including phenoxy) is 2. The van der Waals surface area contributed by atoms with E-state index in [0.717, 1.165) is 19.6 Å². The monoisotopic (exact) mass is 405 g/mol. The van der Waals surface area contributed by atoms with E-state index in [4.69, 9.17) is 19.4 Å². The van der Waals surface area contributed by atoms with Crippen LogP contribution in [0, 0.1) is 11.8 Å². The molecule has 0 radical (unpaired) electrons. The van der Waals surface area contributed by atoms with Gasteiger partial charge in [-0.05, 0) is 49.8 Å². The quantitative estimate of drug-likeness (QED) is 0.752. The van der Waals surface area contributed by atoms with Crippen LogP contribution < -0.4 is 14.8 Å². The van der Waals surface area contributed by atoms with E-state index in [1.165, 1.54) is 32.2 Å². The molecular formula is C21H31N3O5. The van der Waals surface area contributed by atoms with E-state index in [9.17, 15) is 4.79 Å². The van der Waals surface area contributed by atoms with Gasteiger partial charge in [-0.25, -0.2) is 4.79 Å². The molecule has 3 aliphatic rings. The number of nitrogens with zero attached hydrogens (tertiary/aromatic N) is 2. The molecule has 2 amide bonds. The Morgan fingerprint density at radius 2 is 2.00 bits per heavy atom. The predicted octanol–water partition coefficient (Wildman–Crippen LogP) is 2.74. The lowest BCUT2D eigenvalue weighted by atomic mass is 9.76. The molecule has 3 aliphatic heterocycles. The van der Waals surface area contributed by atoms with E-state index in [-0.39, 0.29) is 12.5 Å². The van der Waals surface area contributed by atoms with Crippen LogP contribution in [0.3, 0.4) is 0 Å². The van der Waals surface area contributed by atoms with Gasteiger partial charge in [0.25, 0.3) is 6.47 Å². The van der Waals surface area contributed by atoms with Gasteiger partial charge in [0.05, 0.1) is 19.9 Å². The summed E-state index contributed by atoms with van der Waals surface area (Å²) < 4.78 is 10.7. The van der Waals surface area contributed by atoms with E-state index >= 15 is 0 Å². The molecule has 4 rings (SSSR count). The van der Waals surface area contributed by atoms with Gasteiger partial charge in [0.2, 0.25) is 0 Å². The van der Waals surface area contributed by atoms with Crippen LogP contribution in [0.2, 0.25) is 0 Å². The molecule has 3 fully saturated rings. The second-order valence-corrected chi connectivity index (χ2v) is 7.93. The highest BCUT2D eigenvalue weighted by molar-refractivity contribution is 5.91. The molecule has 8 heteroatoms. The number of carboxylic acid groups (broad SMARTS) is 1. The molecule has 0 aliphatic carbocycles. The number of methoxy groups -OCH3 is 2. The van der Waals surface area contributed by atoms with Crippen LogP contribution >= 0.6 is 0 Å². The number of hydrogen-bond acceptors (Lipinski definition) is 5. The summed E-state index contributed by atoms with van der Waals surface area (Å²) in [4.78, 5) is 26.0. The molecule has 3 atom stereocenters. The molecule has 160 valence electrons. The maximum absolute atomic E-state index is 12.9. The number of carbonyl (C=O) groups is 2. The molecule has 3 heterocycles. The summed E-state index contributed by atoms with van der Waals surface area (Å²) in [5, 5.41) is 9.92. The second kappa shape index (κ2) is 9.82. The van der Waals surface area contributed by atoms with Gasteiger partial charge in [-0.15, -0.1) is 0 Å². The van der Waals surface area contributed by atoms with E-state index < -0.39 is 0 Å². The van der Waals surface area contributed by atoms with E-state index in [1.54, 1.807) is 14.2 Å². The molecule has 1 aromatic rings. The van der Waals surface area contributed by atoms with Crippen molar-refractivity contribution in [3.05, 3.63) is 18.2 Å². The van der Waals surface area contributed by atoms with Crippen LogP contribution in [0.4, 0.5) is 10.5 Å². The number of urea groups is 1. The fraction of sp³-hybridized carbons (Fsp3) is 0.619. The summed E-state index contributed by atoms with van der Waals surface area (Å²) in [6, 6.07) is 6.10. The number of fused-ring (bicyclic) bond motifs is 4. The van der Waals surface area contributed by atoms with Crippen LogP contribution in [0.5, 0.6) is 11.5 Å². The first-order valence-electron chi connectivity index (χ1n) is 10.2. The van der Waals surface area contributed by atoms with Crippen LogP contribution in [0.1, 0.15) is 25.7 Å². The molecule has 8 nitrogen and oxygen atoms in total. The molecule has 1 aromatic carbocycles. The van der Waals surface area contributed by atoms with Gasteiger partial charge in [0.1, 0.15) is 11.5 Å². The average Bonchev–Trinajstić information content (AvgIpc) is 2.74. The molecule has 3 saturated heterocycles. The smallest absolute Gasteiger partial charge is 0.321 e. The summed E-state index contributed by atoms with van der Waals surface area (Å²) in [5.41, 5.74) is 0.659. The maximum atomic E-state index is 12.9. The van der Waals surface area contributed by atoms with E-state index in [1.807, 2.05) is 23.1 Å². The number of rotatable bonds is 3. The topological polar surface area (TPSA) is 91.3 Å². The lowest BCUT2D eigenvalue weighted by molar-refractivity contribution is -0.122. The summed E-state index contributed by atoms with van der Waals surface area (Å²) in [7, 11) is 3.23. The lowest BCUT2D eigenvalue weighted by Crippen LogP contribution is -2.60. The summed E-state index contributed by atoms with van der Waals surface area (Å²) in [6.07, 6.45) is 5.22. The average molecular weight is 405 g/mol. The third-order valence-electron chi connectivity index (χ3n) is 6.21. The zero-order valence-corrected chi connectivity index (χ0v) is 17.2. The molecule has 0 unspecified atom stereocenters. The third-order valence-corrected chi connectivity index (χ3v) is 6.21. The Morgan fingerprint density at radius 3 is 2.72 bits per heavy atom. The van der Waals surface area contributed by atoms with Crippen molar-refractivity contribution in [3.63, 3.8) is 0 Å². The minimum absolute atomic E-state index is 0.0319. The van der Waals surface area contributed by atoms with Gasteiger partial charge in [-0.2, -0.15) is 0 Å². The van der Waals surface area contributed by atoms with Crippen LogP contribution in [0.15, 0.2) is 18.2 Å². The number of nitrogens with one attached hydrogen (secondary N) is 1. The third kappa shape index (κ3) is 4.93. The standard InChI is InChI=1S/C20H29N3O3.CH2O2/c1-25-16-6-7-19(26-2)17(10-16)21-20(24)23-12-14-9-15(13-23)18-5-3-4-8-22(18)11-14;2-1-3/h6-7,10,14-15,18H,3-5,8-9,11-13H2,1-2H3,(H,21,24);1H,(H,2,3)/t14-,15-,18+;/m1./s1. The van der Waals surface area contributed by atoms with Gasteiger partial charge in [0.15, 0.2) is 0 Å². The van der Waals surface area contributed by atoms with Gasteiger partial charge in [-0.3, -0.25) is 9.69 Å². The first-order valence-corrected chi connectivity index (χ1v) is 10.2. The normalized spacial score (nSPS) is 25.7. The van der Waals surface area contributed by atoms with Crippen molar-refractivity contribution in [3.8, 4) is 11.5 Å². The van der Waals surface area contributed by atoms with Gasteiger partial charge >= 0.3 is 6.03 Å². The highest BCUT2D eigenvalue weighted by atomic mass is 16.5. The first kappa shape index (κ1) is 21.2. The van der Waals surface area contributed by atoms with E-state index in [2.05, 4.69) is 10.2 Å². The van der Waals surface area contributed by atoms with Gasteiger partial charge in [-0.1, -0.05) is 6.42 Å². The fourth-order valence-corrected chi connectivity index (χ4v) is 5.04. The van der Waals surface area contributed by atoms with Crippen LogP contribution in [-0.2, 0) is 4.79 Å². The Labute approximate surface area is 171 Å². The van der Waals surface area contributed by atoms with Crippen molar-refractivity contribution in [2.24, 2.45) is 11.8 Å². The minimum atomic E-state index is -0.250. The van der Waals surface area contributed by atoms with Crippen molar-refractivity contribution < 1.29 is 24.2 Å². The van der Waals surface area contributed by atoms with Gasteiger partial charge < -0.3 is 24.8 Å². The van der Waals surface area contributed by atoms with Gasteiger partial charge in [0, 0.05) is 31.7 Å². The summed E-state index contributed by atoms with van der Waals surface area (Å²) in [6.45, 7) is 3.84. The molecular weight excluding hydrogens is 374 g/mol. The number of anilines is 1. The predicted molar refractivity (Wildman–Crippen MR) is 110 cm³/mol. The number of carbonyl (C=O) groups excluding carboxylic acids is 1. The molecule has 2 N–H and O–H groups in total. The Bertz CT molecular complexity index is 714. The Hall–Kier alpha value is -2.48. The number of amides is 2. The minimum Gasteiger partial charge on any atom is -0.497 e. The number of likely N-dealkylation sites (tertiary alicyclic amines) is 1. The second-order valence-electron chi connectivity index (χ2n) is 7.93. The Morgan fingerprint density at radius 1 is 1.21 bits per heavy atom. The Balaban J connectivity index is 0.000000755. The molecule has 29 heavy (non-hydrogen) atoms. The molecule has 0 aromatic heterocycles. The van der Waals surface area contributed by atoms with Crippen LogP contribution in [0.25, 0.3) is 0 Å². The van der Waals surface area contributed by atoms with Crippen molar-refractivity contribution >= 4 is 18.2 Å². The molecule has 0 saturated carbocycles. The number of benzene rings is 1. The SMILES string of the molecule is COc1ccc(OC)c(NC(=O)N2C[C@@H]3C[C@H](C2)[C@@H]2CCCCN2C3)c1.O=CO. The van der Waals surface area contributed by atoms with E-state index in [0.29, 0.717) is 35.1 Å². The summed E-state index contributed by atoms with van der Waals surface area (Å²) in [5.74, 6) is 2.56. The molecule has 2 bridgehead atoms. The fourth-order valence-electron chi connectivity index (χ4n) is 5.04. The zero-order chi connectivity index (χ0) is 20.8. The Kier molecular flexibility index (Phi) is 7.19. The van der Waals surface area contributed by atoms with Crippen molar-refractivity contribution in [2.45, 2.75) is 31.7 Å². The highest BCUT2D eigenvalue weighted by Crippen LogP contribution is 2.38. The zero-order valence-electron chi connectivity index (χ0n) is 17.2. The number of piperidine rings is 3. The summed E-state index contributed by atoms with van der Waals surface area (Å²) >= 11 is 0. The number of hydrogen-bond donors (Lipinski definition) is 2. The van der Waals surface area contributed by atoms with Crippen molar-refractivity contribution in [2.75, 3.05) is 45.7 Å². The van der Waals surface area contributed by atoms with Crippen molar-refractivity contribution in [1.29, 1.82) is 0 Å². The molecule has 0 spiro atoms. The van der Waals surface area contributed by atoms with Crippen LogP contribution in [-0.4, -0.2) is 73.9 Å². The first-order chi connectivity index (χ1) is 14.1. The maximum Gasteiger partial charge on any atom is 0.321 e. The highest BCUT2D eigenvalue weighted by Gasteiger charge is 2.42. The lowest BCUT2D eigenvalue weighted by Gasteiger charge is -2.52.